The number of nitrogens with zero attached hydrogens (tertiary/aromatic N) is 1. The van der Waals surface area contributed by atoms with Crippen LogP contribution in [0.2, 0.25) is 0 Å². The molecule has 1 N–H and O–H groups in total. The Morgan fingerprint density at radius 3 is 2.61 bits per heavy atom. The first-order chi connectivity index (χ1) is 8.70. The number of piperidine rings is 1. The molecule has 0 spiro atoms. The lowest BCUT2D eigenvalue weighted by atomic mass is 9.88. The number of likely N-dealkylation sites (N-methyl/N-ethyl adjacent to an activating group) is 1. The Morgan fingerprint density at radius 1 is 1.06 bits per heavy atom. The van der Waals surface area contributed by atoms with E-state index >= 15 is 0 Å². The van der Waals surface area contributed by atoms with Crippen molar-refractivity contribution < 1.29 is 0 Å². The summed E-state index contributed by atoms with van der Waals surface area (Å²) in [6.07, 6.45) is 8.89. The van der Waals surface area contributed by atoms with Crippen molar-refractivity contribution in [3.63, 3.8) is 0 Å². The molecule has 2 heteroatoms. The van der Waals surface area contributed by atoms with E-state index in [2.05, 4.69) is 24.2 Å². The molecule has 18 heavy (non-hydrogen) atoms. The van der Waals surface area contributed by atoms with Crippen LogP contribution in [0.25, 0.3) is 0 Å². The zero-order valence-corrected chi connectivity index (χ0v) is 12.2. The molecule has 3 fully saturated rings. The maximum Gasteiger partial charge on any atom is 0.0197 e. The molecule has 0 aromatic heterocycles. The highest BCUT2D eigenvalue weighted by molar-refractivity contribution is 4.91. The summed E-state index contributed by atoms with van der Waals surface area (Å²) in [4.78, 5) is 2.61. The molecule has 3 aliphatic rings. The van der Waals surface area contributed by atoms with Crippen LogP contribution in [0.15, 0.2) is 0 Å². The van der Waals surface area contributed by atoms with Crippen molar-refractivity contribution in [2.24, 2.45) is 23.7 Å². The Morgan fingerprint density at radius 2 is 1.94 bits per heavy atom. The number of fused-ring (bicyclic) bond motifs is 2. The smallest absolute Gasteiger partial charge is 0.0197 e. The maximum absolute atomic E-state index is 3.70. The van der Waals surface area contributed by atoms with Crippen molar-refractivity contribution in [2.45, 2.75) is 51.5 Å². The summed E-state index contributed by atoms with van der Waals surface area (Å²) in [5, 5.41) is 3.70. The van der Waals surface area contributed by atoms with Crippen LogP contribution in [0.4, 0.5) is 0 Å². The van der Waals surface area contributed by atoms with E-state index in [0.29, 0.717) is 0 Å². The number of rotatable bonds is 4. The molecular weight excluding hydrogens is 220 g/mol. The predicted octanol–water partition coefficient (Wildman–Crippen LogP) is 2.74. The quantitative estimate of drug-likeness (QED) is 0.825. The van der Waals surface area contributed by atoms with E-state index in [-0.39, 0.29) is 0 Å². The van der Waals surface area contributed by atoms with Gasteiger partial charge in [0.2, 0.25) is 0 Å². The van der Waals surface area contributed by atoms with Crippen LogP contribution in [0.5, 0.6) is 0 Å². The van der Waals surface area contributed by atoms with Gasteiger partial charge in [-0.2, -0.15) is 0 Å². The minimum absolute atomic E-state index is 0.748. The minimum atomic E-state index is 0.748. The first-order valence-electron chi connectivity index (χ1n) is 8.12. The average molecular weight is 250 g/mol. The lowest BCUT2D eigenvalue weighted by molar-refractivity contribution is 0.185. The summed E-state index contributed by atoms with van der Waals surface area (Å²) < 4.78 is 0. The standard InChI is InChI=1S/C16H30N2/c1-12-5-6-17-16(7-12)11-18(2)10-15-9-13-3-4-14(15)8-13/h12-17H,3-11H2,1-2H3. The second-order valence-corrected chi connectivity index (χ2v) is 7.44. The van der Waals surface area contributed by atoms with Gasteiger partial charge in [0.1, 0.15) is 0 Å². The summed E-state index contributed by atoms with van der Waals surface area (Å²) in [5.41, 5.74) is 0. The molecule has 0 radical (unpaired) electrons. The fourth-order valence-corrected chi connectivity index (χ4v) is 4.81. The third kappa shape index (κ3) is 2.91. The van der Waals surface area contributed by atoms with Gasteiger partial charge in [-0.15, -0.1) is 0 Å². The van der Waals surface area contributed by atoms with E-state index in [1.165, 1.54) is 51.7 Å². The van der Waals surface area contributed by atoms with E-state index < -0.39 is 0 Å². The van der Waals surface area contributed by atoms with Gasteiger partial charge < -0.3 is 10.2 Å². The van der Waals surface area contributed by atoms with Crippen molar-refractivity contribution >= 4 is 0 Å². The highest BCUT2D eigenvalue weighted by atomic mass is 15.1. The summed E-state index contributed by atoms with van der Waals surface area (Å²) in [6.45, 7) is 6.25. The molecule has 104 valence electrons. The zero-order valence-electron chi connectivity index (χ0n) is 12.2. The van der Waals surface area contributed by atoms with Gasteiger partial charge >= 0.3 is 0 Å². The van der Waals surface area contributed by atoms with Gasteiger partial charge in [-0.3, -0.25) is 0 Å². The fraction of sp³-hybridized carbons (Fsp3) is 1.00. The zero-order chi connectivity index (χ0) is 12.5. The predicted molar refractivity (Wildman–Crippen MR) is 76.6 cm³/mol. The third-order valence-electron chi connectivity index (χ3n) is 5.72. The van der Waals surface area contributed by atoms with Crippen LogP contribution >= 0.6 is 0 Å². The molecule has 1 aliphatic heterocycles. The van der Waals surface area contributed by atoms with E-state index in [1.54, 1.807) is 6.42 Å². The first-order valence-corrected chi connectivity index (χ1v) is 8.12. The molecule has 1 saturated heterocycles. The van der Waals surface area contributed by atoms with Crippen molar-refractivity contribution in [1.29, 1.82) is 0 Å². The second-order valence-electron chi connectivity index (χ2n) is 7.44. The summed E-state index contributed by atoms with van der Waals surface area (Å²) in [6, 6.07) is 0.748. The van der Waals surface area contributed by atoms with E-state index in [4.69, 9.17) is 0 Å². The Hall–Kier alpha value is -0.0800. The largest absolute Gasteiger partial charge is 0.313 e. The molecule has 5 unspecified atom stereocenters. The van der Waals surface area contributed by atoms with Gasteiger partial charge in [0.15, 0.2) is 0 Å². The highest BCUT2D eigenvalue weighted by Crippen LogP contribution is 2.48. The normalized spacial score (nSPS) is 43.8. The Bertz CT molecular complexity index is 278. The summed E-state index contributed by atoms with van der Waals surface area (Å²) >= 11 is 0. The number of hydrogen-bond acceptors (Lipinski definition) is 2. The van der Waals surface area contributed by atoms with Gasteiger partial charge in [-0.05, 0) is 69.4 Å². The molecule has 2 bridgehead atoms. The van der Waals surface area contributed by atoms with Crippen molar-refractivity contribution in [1.82, 2.24) is 10.2 Å². The Kier molecular flexibility index (Phi) is 3.95. The second kappa shape index (κ2) is 5.50. The highest BCUT2D eigenvalue weighted by Gasteiger charge is 2.39. The molecule has 0 aromatic rings. The van der Waals surface area contributed by atoms with Crippen LogP contribution < -0.4 is 5.32 Å². The van der Waals surface area contributed by atoms with E-state index in [9.17, 15) is 0 Å². The average Bonchev–Trinajstić information content (AvgIpc) is 2.90. The molecule has 0 aromatic carbocycles. The van der Waals surface area contributed by atoms with Crippen molar-refractivity contribution in [2.75, 3.05) is 26.7 Å². The summed E-state index contributed by atoms with van der Waals surface area (Å²) in [5.74, 6) is 4.12. The van der Waals surface area contributed by atoms with Gasteiger partial charge in [-0.25, -0.2) is 0 Å². The Labute approximate surface area is 113 Å². The van der Waals surface area contributed by atoms with Crippen LogP contribution in [0.3, 0.4) is 0 Å². The molecule has 2 saturated carbocycles. The van der Waals surface area contributed by atoms with E-state index in [0.717, 1.165) is 29.7 Å². The van der Waals surface area contributed by atoms with Crippen molar-refractivity contribution in [3.05, 3.63) is 0 Å². The van der Waals surface area contributed by atoms with Gasteiger partial charge in [0, 0.05) is 19.1 Å². The molecule has 3 rings (SSSR count). The third-order valence-corrected chi connectivity index (χ3v) is 5.72. The Balaban J connectivity index is 1.43. The maximum atomic E-state index is 3.70. The topological polar surface area (TPSA) is 15.3 Å². The lowest BCUT2D eigenvalue weighted by Crippen LogP contribution is -2.45. The number of nitrogens with one attached hydrogen (secondary N) is 1. The number of hydrogen-bond donors (Lipinski definition) is 1. The lowest BCUT2D eigenvalue weighted by Gasteiger charge is -2.33. The minimum Gasteiger partial charge on any atom is -0.313 e. The molecule has 2 aliphatic carbocycles. The van der Waals surface area contributed by atoms with Crippen LogP contribution in [0.1, 0.15) is 45.4 Å². The SMILES string of the molecule is CC1CCNC(CN(C)CC2CC3CCC2C3)C1. The monoisotopic (exact) mass is 250 g/mol. The fourth-order valence-electron chi connectivity index (χ4n) is 4.81. The first kappa shape index (κ1) is 12.9. The molecule has 0 amide bonds. The molecule has 1 heterocycles. The van der Waals surface area contributed by atoms with Crippen LogP contribution in [0, 0.1) is 23.7 Å². The summed E-state index contributed by atoms with van der Waals surface area (Å²) in [7, 11) is 2.34. The molecular formula is C16H30N2. The van der Waals surface area contributed by atoms with Crippen LogP contribution in [-0.2, 0) is 0 Å². The van der Waals surface area contributed by atoms with Gasteiger partial charge in [-0.1, -0.05) is 13.3 Å². The van der Waals surface area contributed by atoms with Gasteiger partial charge in [0.25, 0.3) is 0 Å². The molecule has 2 nitrogen and oxygen atoms in total. The van der Waals surface area contributed by atoms with Crippen LogP contribution in [-0.4, -0.2) is 37.6 Å². The van der Waals surface area contributed by atoms with E-state index in [1.807, 2.05) is 0 Å². The van der Waals surface area contributed by atoms with Gasteiger partial charge in [0.05, 0.1) is 0 Å². The van der Waals surface area contributed by atoms with Crippen molar-refractivity contribution in [3.8, 4) is 0 Å². The molecule has 5 atom stereocenters.